The van der Waals surface area contributed by atoms with Gasteiger partial charge in [-0.15, -0.1) is 0 Å². The lowest BCUT2D eigenvalue weighted by molar-refractivity contribution is -0.122. The molecule has 0 aromatic rings. The Balaban J connectivity index is 1.19. The lowest BCUT2D eigenvalue weighted by Crippen LogP contribution is -2.64. The van der Waals surface area contributed by atoms with E-state index in [1.165, 1.54) is 32.7 Å². The largest absolute Gasteiger partial charge is 0.355 e. The molecule has 1 aliphatic carbocycles. The fourth-order valence-electron chi connectivity index (χ4n) is 4.28. The van der Waals surface area contributed by atoms with Gasteiger partial charge in [0.25, 0.3) is 0 Å². The number of piperazine rings is 4. The standard InChI is InChI=1S/C18H33N7O/c1-19-18(20-12-16-13-22-4-8-24(16)9-5-22)25-10-6-23(7-11-25)14-17(26)21-15-2-3-15/h15-16H,2-14H2,1H3,(H,19,20)(H,21,26). The second-order valence-electron chi connectivity index (χ2n) is 8.02. The van der Waals surface area contributed by atoms with Crippen LogP contribution in [-0.4, -0.2) is 123 Å². The first-order chi connectivity index (χ1) is 12.7. The van der Waals surface area contributed by atoms with E-state index in [0.717, 1.165) is 51.5 Å². The molecular weight excluding hydrogens is 330 g/mol. The highest BCUT2D eigenvalue weighted by Crippen LogP contribution is 2.18. The molecule has 146 valence electrons. The Bertz CT molecular complexity index is 520. The minimum Gasteiger partial charge on any atom is -0.355 e. The molecule has 5 rings (SSSR count). The maximum atomic E-state index is 12.0. The normalized spacial score (nSPS) is 32.6. The summed E-state index contributed by atoms with van der Waals surface area (Å²) in [7, 11) is 1.87. The van der Waals surface area contributed by atoms with Gasteiger partial charge < -0.3 is 15.5 Å². The van der Waals surface area contributed by atoms with Crippen molar-refractivity contribution in [1.82, 2.24) is 30.2 Å². The van der Waals surface area contributed by atoms with Crippen LogP contribution >= 0.6 is 0 Å². The number of carbonyl (C=O) groups is 1. The Morgan fingerprint density at radius 1 is 1.04 bits per heavy atom. The van der Waals surface area contributed by atoms with Crippen LogP contribution in [0, 0.1) is 0 Å². The second kappa shape index (κ2) is 8.10. The Morgan fingerprint density at radius 2 is 1.77 bits per heavy atom. The predicted octanol–water partition coefficient (Wildman–Crippen LogP) is -1.54. The molecule has 8 heteroatoms. The Morgan fingerprint density at radius 3 is 2.35 bits per heavy atom. The zero-order valence-corrected chi connectivity index (χ0v) is 16.0. The van der Waals surface area contributed by atoms with Crippen LogP contribution in [0.15, 0.2) is 4.99 Å². The SMILES string of the molecule is CN=C(NCC1CN2CCN1CC2)N1CCN(CC(=O)NC2CC2)CC1. The van der Waals surface area contributed by atoms with Gasteiger partial charge in [-0.2, -0.15) is 0 Å². The van der Waals surface area contributed by atoms with Gasteiger partial charge >= 0.3 is 0 Å². The fourth-order valence-corrected chi connectivity index (χ4v) is 4.28. The first kappa shape index (κ1) is 18.0. The molecule has 0 aromatic carbocycles. The summed E-state index contributed by atoms with van der Waals surface area (Å²) in [6.07, 6.45) is 2.30. The van der Waals surface area contributed by atoms with Crippen molar-refractivity contribution in [3.63, 3.8) is 0 Å². The molecule has 0 radical (unpaired) electrons. The maximum absolute atomic E-state index is 12.0. The summed E-state index contributed by atoms with van der Waals surface area (Å²) >= 11 is 0. The molecule has 4 heterocycles. The molecule has 1 atom stereocenters. The average Bonchev–Trinajstić information content (AvgIpc) is 3.48. The molecule has 1 amide bonds. The average molecular weight is 364 g/mol. The molecule has 4 aliphatic heterocycles. The van der Waals surface area contributed by atoms with Gasteiger partial charge in [-0.1, -0.05) is 0 Å². The number of nitrogens with one attached hydrogen (secondary N) is 2. The van der Waals surface area contributed by atoms with E-state index < -0.39 is 0 Å². The third-order valence-electron chi connectivity index (χ3n) is 6.08. The van der Waals surface area contributed by atoms with Crippen LogP contribution < -0.4 is 10.6 Å². The molecule has 1 unspecified atom stereocenters. The van der Waals surface area contributed by atoms with E-state index in [0.29, 0.717) is 18.6 Å². The van der Waals surface area contributed by atoms with Crippen molar-refractivity contribution < 1.29 is 4.79 Å². The molecule has 5 aliphatic rings. The number of guanidine groups is 1. The lowest BCUT2D eigenvalue weighted by Gasteiger charge is -2.47. The second-order valence-corrected chi connectivity index (χ2v) is 8.02. The number of rotatable bonds is 5. The summed E-state index contributed by atoms with van der Waals surface area (Å²) in [5, 5.41) is 6.67. The van der Waals surface area contributed by atoms with Gasteiger partial charge in [0.2, 0.25) is 5.91 Å². The number of nitrogens with zero attached hydrogens (tertiary/aromatic N) is 5. The third kappa shape index (κ3) is 4.47. The molecule has 1 saturated carbocycles. The van der Waals surface area contributed by atoms with Crippen molar-refractivity contribution in [2.75, 3.05) is 79.0 Å². The molecule has 26 heavy (non-hydrogen) atoms. The van der Waals surface area contributed by atoms with Crippen LogP contribution in [0.3, 0.4) is 0 Å². The third-order valence-corrected chi connectivity index (χ3v) is 6.08. The first-order valence-electron chi connectivity index (χ1n) is 10.1. The van der Waals surface area contributed by atoms with Crippen molar-refractivity contribution in [3.05, 3.63) is 0 Å². The quantitative estimate of drug-likeness (QED) is 0.456. The fraction of sp³-hybridized carbons (Fsp3) is 0.889. The van der Waals surface area contributed by atoms with Gasteiger partial charge in [-0.05, 0) is 12.8 Å². The summed E-state index contributed by atoms with van der Waals surface area (Å²) in [5.41, 5.74) is 0. The van der Waals surface area contributed by atoms with Crippen LogP contribution in [0.2, 0.25) is 0 Å². The highest BCUT2D eigenvalue weighted by atomic mass is 16.2. The molecule has 4 saturated heterocycles. The lowest BCUT2D eigenvalue weighted by atomic mass is 10.1. The van der Waals surface area contributed by atoms with Gasteiger partial charge in [0.15, 0.2) is 5.96 Å². The molecular formula is C18H33N7O. The van der Waals surface area contributed by atoms with E-state index in [-0.39, 0.29) is 5.91 Å². The Hall–Kier alpha value is -1.38. The van der Waals surface area contributed by atoms with Crippen LogP contribution in [0.1, 0.15) is 12.8 Å². The Kier molecular flexibility index (Phi) is 5.61. The number of aliphatic imine (C=N–C) groups is 1. The topological polar surface area (TPSA) is 66.5 Å². The van der Waals surface area contributed by atoms with Gasteiger partial charge in [0.1, 0.15) is 0 Å². The summed E-state index contributed by atoms with van der Waals surface area (Å²) < 4.78 is 0. The van der Waals surface area contributed by atoms with Crippen LogP contribution in [0.5, 0.6) is 0 Å². The molecule has 0 aromatic heterocycles. The molecule has 2 bridgehead atoms. The maximum Gasteiger partial charge on any atom is 0.234 e. The van der Waals surface area contributed by atoms with Crippen LogP contribution in [-0.2, 0) is 4.79 Å². The number of hydrogen-bond donors (Lipinski definition) is 2. The minimum atomic E-state index is 0.180. The first-order valence-corrected chi connectivity index (χ1v) is 10.1. The van der Waals surface area contributed by atoms with E-state index in [9.17, 15) is 4.79 Å². The van der Waals surface area contributed by atoms with Crippen LogP contribution in [0.25, 0.3) is 0 Å². The van der Waals surface area contributed by atoms with Gasteiger partial charge in [-0.25, -0.2) is 0 Å². The summed E-state index contributed by atoms with van der Waals surface area (Å²) in [6.45, 7) is 11.2. The number of carbonyl (C=O) groups excluding carboxylic acids is 1. The summed E-state index contributed by atoms with van der Waals surface area (Å²) in [6, 6.07) is 1.05. The molecule has 5 fully saturated rings. The van der Waals surface area contributed by atoms with E-state index in [1.807, 2.05) is 7.05 Å². The number of amides is 1. The summed E-state index contributed by atoms with van der Waals surface area (Å²) in [5.74, 6) is 1.18. The van der Waals surface area contributed by atoms with E-state index in [4.69, 9.17) is 0 Å². The van der Waals surface area contributed by atoms with Crippen molar-refractivity contribution in [2.45, 2.75) is 24.9 Å². The molecule has 2 N–H and O–H groups in total. The van der Waals surface area contributed by atoms with E-state index >= 15 is 0 Å². The van der Waals surface area contributed by atoms with Crippen molar-refractivity contribution in [1.29, 1.82) is 0 Å². The Labute approximate surface area is 156 Å². The number of hydrogen-bond acceptors (Lipinski definition) is 5. The van der Waals surface area contributed by atoms with Crippen molar-refractivity contribution >= 4 is 11.9 Å². The van der Waals surface area contributed by atoms with Crippen LogP contribution in [0.4, 0.5) is 0 Å². The predicted molar refractivity (Wildman–Crippen MR) is 102 cm³/mol. The molecule has 8 nitrogen and oxygen atoms in total. The zero-order valence-electron chi connectivity index (χ0n) is 16.0. The van der Waals surface area contributed by atoms with E-state index in [2.05, 4.69) is 35.2 Å². The van der Waals surface area contributed by atoms with E-state index in [1.54, 1.807) is 0 Å². The highest BCUT2D eigenvalue weighted by molar-refractivity contribution is 5.80. The van der Waals surface area contributed by atoms with Gasteiger partial charge in [-0.3, -0.25) is 24.5 Å². The van der Waals surface area contributed by atoms with Crippen molar-refractivity contribution in [3.8, 4) is 0 Å². The smallest absolute Gasteiger partial charge is 0.234 e. The zero-order chi connectivity index (χ0) is 17.9. The highest BCUT2D eigenvalue weighted by Gasteiger charge is 2.32. The number of fused-ring (bicyclic) bond motifs is 3. The monoisotopic (exact) mass is 363 g/mol. The molecule has 0 spiro atoms. The van der Waals surface area contributed by atoms with Gasteiger partial charge in [0.05, 0.1) is 6.54 Å². The minimum absolute atomic E-state index is 0.180. The summed E-state index contributed by atoms with van der Waals surface area (Å²) in [4.78, 5) is 26.2. The van der Waals surface area contributed by atoms with Crippen molar-refractivity contribution in [2.24, 2.45) is 4.99 Å². The van der Waals surface area contributed by atoms with Gasteiger partial charge in [0, 0.05) is 84.6 Å².